The molecule has 1 atom stereocenters. The summed E-state index contributed by atoms with van der Waals surface area (Å²) in [4.78, 5) is 28.4. The number of hydrogen-bond donors (Lipinski definition) is 2. The molecule has 0 spiro atoms. The number of nitrogens with one attached hydrogen (secondary N) is 1. The third kappa shape index (κ3) is 2.63. The summed E-state index contributed by atoms with van der Waals surface area (Å²) in [6.07, 6.45) is 4.38. The topological polar surface area (TPSA) is 73.4 Å². The number of carbonyl (C=O) groups is 2. The minimum atomic E-state index is -0.901. The standard InChI is InChI=1S/C16H18N2O3/c19-15(18-8-4-3-7-14(18)16(20)21)9-11-10-17-13-6-2-1-5-12(11)13/h1-2,5-6,10,14,17H,3-4,7-9H2,(H,20,21)/t14-/m0/s1. The molecule has 0 unspecified atom stereocenters. The average Bonchev–Trinajstić information content (AvgIpc) is 2.90. The van der Waals surface area contributed by atoms with Crippen LogP contribution in [0.4, 0.5) is 0 Å². The number of aromatic nitrogens is 1. The number of nitrogens with zero attached hydrogens (tertiary/aromatic N) is 1. The van der Waals surface area contributed by atoms with Gasteiger partial charge >= 0.3 is 5.97 Å². The fraction of sp³-hybridized carbons (Fsp3) is 0.375. The molecule has 5 nitrogen and oxygen atoms in total. The van der Waals surface area contributed by atoms with E-state index in [1.54, 1.807) is 0 Å². The molecule has 110 valence electrons. The molecule has 0 saturated carbocycles. The summed E-state index contributed by atoms with van der Waals surface area (Å²) in [5, 5.41) is 10.3. The van der Waals surface area contributed by atoms with Crippen molar-refractivity contribution >= 4 is 22.8 Å². The zero-order valence-electron chi connectivity index (χ0n) is 11.7. The van der Waals surface area contributed by atoms with E-state index >= 15 is 0 Å². The average molecular weight is 286 g/mol. The number of carboxylic acids is 1. The minimum absolute atomic E-state index is 0.105. The highest BCUT2D eigenvalue weighted by atomic mass is 16.4. The number of piperidine rings is 1. The summed E-state index contributed by atoms with van der Waals surface area (Å²) < 4.78 is 0. The Labute approximate surface area is 122 Å². The lowest BCUT2D eigenvalue weighted by molar-refractivity contribution is -0.151. The number of aliphatic carboxylic acids is 1. The van der Waals surface area contributed by atoms with Gasteiger partial charge in [-0.2, -0.15) is 0 Å². The molecule has 1 amide bonds. The largest absolute Gasteiger partial charge is 0.480 e. The zero-order valence-corrected chi connectivity index (χ0v) is 11.7. The van der Waals surface area contributed by atoms with Crippen LogP contribution in [0.25, 0.3) is 10.9 Å². The van der Waals surface area contributed by atoms with Crippen molar-refractivity contribution < 1.29 is 14.7 Å². The van der Waals surface area contributed by atoms with Gasteiger partial charge in [-0.25, -0.2) is 4.79 Å². The van der Waals surface area contributed by atoms with Crippen LogP contribution in [0.3, 0.4) is 0 Å². The van der Waals surface area contributed by atoms with Crippen molar-refractivity contribution in [3.8, 4) is 0 Å². The highest BCUT2D eigenvalue weighted by Gasteiger charge is 2.31. The van der Waals surface area contributed by atoms with Crippen molar-refractivity contribution in [2.24, 2.45) is 0 Å². The number of fused-ring (bicyclic) bond motifs is 1. The van der Waals surface area contributed by atoms with Gasteiger partial charge in [-0.1, -0.05) is 18.2 Å². The second-order valence-electron chi connectivity index (χ2n) is 5.47. The van der Waals surface area contributed by atoms with Crippen LogP contribution in [0.15, 0.2) is 30.5 Å². The number of benzene rings is 1. The molecule has 0 radical (unpaired) electrons. The summed E-state index contributed by atoms with van der Waals surface area (Å²) in [6.45, 7) is 0.540. The van der Waals surface area contributed by atoms with Gasteiger partial charge in [-0.05, 0) is 30.9 Å². The van der Waals surface area contributed by atoms with Gasteiger partial charge < -0.3 is 15.0 Å². The number of para-hydroxylation sites is 1. The molecule has 1 aromatic carbocycles. The molecule has 5 heteroatoms. The van der Waals surface area contributed by atoms with E-state index in [-0.39, 0.29) is 12.3 Å². The monoisotopic (exact) mass is 286 g/mol. The maximum Gasteiger partial charge on any atom is 0.326 e. The first-order valence-electron chi connectivity index (χ1n) is 7.24. The Hall–Kier alpha value is -2.30. The Morgan fingerprint density at radius 3 is 2.90 bits per heavy atom. The van der Waals surface area contributed by atoms with Crippen LogP contribution in [0.1, 0.15) is 24.8 Å². The lowest BCUT2D eigenvalue weighted by Crippen LogP contribution is -2.48. The summed E-state index contributed by atoms with van der Waals surface area (Å²) in [7, 11) is 0. The smallest absolute Gasteiger partial charge is 0.326 e. The first-order chi connectivity index (χ1) is 10.2. The highest BCUT2D eigenvalue weighted by molar-refractivity contribution is 5.90. The predicted molar refractivity (Wildman–Crippen MR) is 79.0 cm³/mol. The maximum absolute atomic E-state index is 12.5. The number of rotatable bonds is 3. The first-order valence-corrected chi connectivity index (χ1v) is 7.24. The van der Waals surface area contributed by atoms with Crippen LogP contribution >= 0.6 is 0 Å². The molecule has 21 heavy (non-hydrogen) atoms. The van der Waals surface area contributed by atoms with E-state index in [2.05, 4.69) is 4.98 Å². The van der Waals surface area contributed by atoms with Crippen molar-refractivity contribution in [3.63, 3.8) is 0 Å². The molecule has 1 aliphatic heterocycles. The maximum atomic E-state index is 12.5. The van der Waals surface area contributed by atoms with E-state index in [0.29, 0.717) is 13.0 Å². The highest BCUT2D eigenvalue weighted by Crippen LogP contribution is 2.22. The number of likely N-dealkylation sites (tertiary alicyclic amines) is 1. The Morgan fingerprint density at radius 2 is 2.10 bits per heavy atom. The van der Waals surface area contributed by atoms with E-state index < -0.39 is 12.0 Å². The molecule has 1 fully saturated rings. The van der Waals surface area contributed by atoms with Crippen molar-refractivity contribution in [2.75, 3.05) is 6.54 Å². The Kier molecular flexibility index (Phi) is 3.64. The number of aromatic amines is 1. The molecule has 0 bridgehead atoms. The summed E-state index contributed by atoms with van der Waals surface area (Å²) >= 11 is 0. The molecule has 1 aromatic heterocycles. The van der Waals surface area contributed by atoms with E-state index in [0.717, 1.165) is 29.3 Å². The quantitative estimate of drug-likeness (QED) is 0.908. The van der Waals surface area contributed by atoms with Gasteiger partial charge in [0, 0.05) is 23.6 Å². The Morgan fingerprint density at radius 1 is 1.29 bits per heavy atom. The lowest BCUT2D eigenvalue weighted by atomic mass is 10.0. The van der Waals surface area contributed by atoms with Crippen molar-refractivity contribution in [1.82, 2.24) is 9.88 Å². The molecule has 3 rings (SSSR count). The molecule has 0 aliphatic carbocycles. The van der Waals surface area contributed by atoms with E-state index in [1.165, 1.54) is 4.90 Å². The molecule has 2 aromatic rings. The normalized spacial score (nSPS) is 18.9. The van der Waals surface area contributed by atoms with Crippen molar-refractivity contribution in [1.29, 1.82) is 0 Å². The second kappa shape index (κ2) is 5.60. The predicted octanol–water partition coefficient (Wildman–Crippen LogP) is 2.18. The SMILES string of the molecule is O=C(O)[C@@H]1CCCCN1C(=O)Cc1c[nH]c2ccccc12. The molecular weight excluding hydrogens is 268 g/mol. The molecule has 2 N–H and O–H groups in total. The van der Waals surface area contributed by atoms with Gasteiger partial charge in [0.2, 0.25) is 5.91 Å². The zero-order chi connectivity index (χ0) is 14.8. The third-order valence-electron chi connectivity index (χ3n) is 4.12. The van der Waals surface area contributed by atoms with Crippen molar-refractivity contribution in [2.45, 2.75) is 31.7 Å². The molecule has 1 saturated heterocycles. The van der Waals surface area contributed by atoms with E-state index in [4.69, 9.17) is 0 Å². The summed E-state index contributed by atoms with van der Waals surface area (Å²) in [6, 6.07) is 7.14. The van der Waals surface area contributed by atoms with Crippen LogP contribution in [0.5, 0.6) is 0 Å². The number of carboxylic acid groups (broad SMARTS) is 1. The number of H-pyrrole nitrogens is 1. The number of amides is 1. The number of carbonyl (C=O) groups excluding carboxylic acids is 1. The van der Waals surface area contributed by atoms with Crippen molar-refractivity contribution in [3.05, 3.63) is 36.0 Å². The lowest BCUT2D eigenvalue weighted by Gasteiger charge is -2.33. The van der Waals surface area contributed by atoms with Crippen LogP contribution in [0.2, 0.25) is 0 Å². The van der Waals surface area contributed by atoms with Crippen LogP contribution in [-0.2, 0) is 16.0 Å². The summed E-state index contributed by atoms with van der Waals surface area (Å²) in [5.74, 6) is -1.01. The van der Waals surface area contributed by atoms with Crippen LogP contribution in [0, 0.1) is 0 Å². The Bertz CT molecular complexity index is 677. The first kappa shape index (κ1) is 13.7. The number of hydrogen-bond acceptors (Lipinski definition) is 2. The fourth-order valence-electron chi connectivity index (χ4n) is 3.03. The Balaban J connectivity index is 1.80. The van der Waals surface area contributed by atoms with E-state index in [1.807, 2.05) is 30.5 Å². The van der Waals surface area contributed by atoms with Gasteiger partial charge in [0.25, 0.3) is 0 Å². The second-order valence-corrected chi connectivity index (χ2v) is 5.47. The van der Waals surface area contributed by atoms with Gasteiger partial charge in [-0.15, -0.1) is 0 Å². The van der Waals surface area contributed by atoms with Gasteiger partial charge in [0.1, 0.15) is 6.04 Å². The van der Waals surface area contributed by atoms with Crippen LogP contribution < -0.4 is 0 Å². The third-order valence-corrected chi connectivity index (χ3v) is 4.12. The van der Waals surface area contributed by atoms with Gasteiger partial charge in [0.05, 0.1) is 6.42 Å². The van der Waals surface area contributed by atoms with Crippen LogP contribution in [-0.4, -0.2) is 39.5 Å². The van der Waals surface area contributed by atoms with Gasteiger partial charge in [-0.3, -0.25) is 4.79 Å². The van der Waals surface area contributed by atoms with Gasteiger partial charge in [0.15, 0.2) is 0 Å². The molecular formula is C16H18N2O3. The summed E-state index contributed by atoms with van der Waals surface area (Å²) in [5.41, 5.74) is 1.92. The fourth-order valence-corrected chi connectivity index (χ4v) is 3.03. The minimum Gasteiger partial charge on any atom is -0.480 e. The van der Waals surface area contributed by atoms with E-state index in [9.17, 15) is 14.7 Å². The molecule has 1 aliphatic rings. The molecule has 2 heterocycles.